The first-order valence-electron chi connectivity index (χ1n) is 8.52. The van der Waals surface area contributed by atoms with E-state index in [0.29, 0.717) is 24.6 Å². The molecule has 0 aliphatic heterocycles. The summed E-state index contributed by atoms with van der Waals surface area (Å²) >= 11 is 0. The molecule has 1 saturated carbocycles. The smallest absolute Gasteiger partial charge is 0.314 e. The third-order valence-electron chi connectivity index (χ3n) is 4.48. The Morgan fingerprint density at radius 2 is 1.73 bits per heavy atom. The van der Waals surface area contributed by atoms with Gasteiger partial charge in [0, 0.05) is 13.0 Å². The highest BCUT2D eigenvalue weighted by molar-refractivity contribution is 5.85. The van der Waals surface area contributed by atoms with E-state index in [1.807, 2.05) is 0 Å². The van der Waals surface area contributed by atoms with Crippen LogP contribution in [-0.4, -0.2) is 29.5 Å². The standard InChI is InChI=1S/C18H25N3O4.ClH/c19-18(20)21-11-13-1-6-14(7-2-13)17(24)25-15-8-3-12(4-9-15)5-10-16(22)23;/h3-4,8-9,13-14H,1-2,5-7,10-11H2,(H,22,23)(H4,19,20,21);1H. The van der Waals surface area contributed by atoms with E-state index in [1.54, 1.807) is 24.3 Å². The van der Waals surface area contributed by atoms with Crippen LogP contribution in [0.3, 0.4) is 0 Å². The van der Waals surface area contributed by atoms with E-state index >= 15 is 0 Å². The fraction of sp³-hybridized carbons (Fsp3) is 0.500. The number of hydrogen-bond donors (Lipinski definition) is 3. The average molecular weight is 384 g/mol. The lowest BCUT2D eigenvalue weighted by Crippen LogP contribution is -2.28. The van der Waals surface area contributed by atoms with E-state index in [4.69, 9.17) is 21.3 Å². The fourth-order valence-electron chi connectivity index (χ4n) is 2.99. The molecule has 1 aliphatic carbocycles. The topological polar surface area (TPSA) is 128 Å². The second-order valence-corrected chi connectivity index (χ2v) is 6.44. The van der Waals surface area contributed by atoms with Gasteiger partial charge >= 0.3 is 11.9 Å². The zero-order chi connectivity index (χ0) is 18.2. The molecule has 26 heavy (non-hydrogen) atoms. The van der Waals surface area contributed by atoms with Crippen LogP contribution in [0.15, 0.2) is 29.3 Å². The highest BCUT2D eigenvalue weighted by Gasteiger charge is 2.27. The molecule has 1 fully saturated rings. The number of rotatable bonds is 7. The molecule has 0 radical (unpaired) electrons. The molecule has 1 aliphatic rings. The summed E-state index contributed by atoms with van der Waals surface area (Å²) in [7, 11) is 0. The van der Waals surface area contributed by atoms with Crippen LogP contribution in [0.25, 0.3) is 0 Å². The van der Waals surface area contributed by atoms with Crippen LogP contribution < -0.4 is 16.2 Å². The van der Waals surface area contributed by atoms with Crippen molar-refractivity contribution in [3.05, 3.63) is 29.8 Å². The minimum Gasteiger partial charge on any atom is -0.481 e. The van der Waals surface area contributed by atoms with Crippen molar-refractivity contribution in [1.82, 2.24) is 0 Å². The number of benzene rings is 1. The van der Waals surface area contributed by atoms with Gasteiger partial charge < -0.3 is 21.3 Å². The second kappa shape index (κ2) is 10.7. The van der Waals surface area contributed by atoms with Crippen molar-refractivity contribution in [2.24, 2.45) is 28.3 Å². The van der Waals surface area contributed by atoms with Gasteiger partial charge in [0.15, 0.2) is 5.96 Å². The Kier molecular flexibility index (Phi) is 8.92. The van der Waals surface area contributed by atoms with Crippen LogP contribution in [0.4, 0.5) is 0 Å². The van der Waals surface area contributed by atoms with Crippen LogP contribution >= 0.6 is 12.4 Å². The zero-order valence-electron chi connectivity index (χ0n) is 14.6. The molecule has 144 valence electrons. The molecule has 0 unspecified atom stereocenters. The summed E-state index contributed by atoms with van der Waals surface area (Å²) in [6, 6.07) is 6.99. The maximum Gasteiger partial charge on any atom is 0.314 e. The van der Waals surface area contributed by atoms with Gasteiger partial charge in [-0.2, -0.15) is 0 Å². The number of hydrogen-bond acceptors (Lipinski definition) is 4. The van der Waals surface area contributed by atoms with E-state index in [-0.39, 0.29) is 36.7 Å². The second-order valence-electron chi connectivity index (χ2n) is 6.44. The Labute approximate surface area is 159 Å². The molecule has 0 bridgehead atoms. The Morgan fingerprint density at radius 1 is 1.12 bits per heavy atom. The number of halogens is 1. The van der Waals surface area contributed by atoms with Crippen molar-refractivity contribution in [3.63, 3.8) is 0 Å². The third-order valence-corrected chi connectivity index (χ3v) is 4.48. The average Bonchev–Trinajstić information content (AvgIpc) is 2.59. The minimum absolute atomic E-state index is 0. The molecule has 0 saturated heterocycles. The number of aliphatic imine (C=N–C) groups is 1. The highest BCUT2D eigenvalue weighted by Crippen LogP contribution is 2.30. The molecule has 0 atom stereocenters. The Bertz CT molecular complexity index is 622. The summed E-state index contributed by atoms with van der Waals surface area (Å²) in [4.78, 5) is 26.9. The van der Waals surface area contributed by atoms with Gasteiger partial charge in [-0.05, 0) is 55.7 Å². The summed E-state index contributed by atoms with van der Waals surface area (Å²) in [5, 5.41) is 8.68. The predicted octanol–water partition coefficient (Wildman–Crippen LogP) is 2.11. The maximum absolute atomic E-state index is 12.3. The molecule has 7 nitrogen and oxygen atoms in total. The quantitative estimate of drug-likeness (QED) is 0.286. The van der Waals surface area contributed by atoms with Crippen molar-refractivity contribution in [2.45, 2.75) is 38.5 Å². The van der Waals surface area contributed by atoms with Crippen molar-refractivity contribution >= 4 is 30.3 Å². The summed E-state index contributed by atoms with van der Waals surface area (Å²) in [6.45, 7) is 0.613. The number of guanidine groups is 1. The van der Waals surface area contributed by atoms with Crippen LogP contribution in [-0.2, 0) is 16.0 Å². The van der Waals surface area contributed by atoms with Crippen molar-refractivity contribution in [2.75, 3.05) is 6.54 Å². The van der Waals surface area contributed by atoms with E-state index in [9.17, 15) is 9.59 Å². The van der Waals surface area contributed by atoms with Crippen LogP contribution in [0.5, 0.6) is 5.75 Å². The van der Waals surface area contributed by atoms with E-state index in [1.165, 1.54) is 0 Å². The lowest BCUT2D eigenvalue weighted by Gasteiger charge is -2.26. The Hall–Kier alpha value is -2.28. The third kappa shape index (κ3) is 7.31. The molecule has 0 spiro atoms. The van der Waals surface area contributed by atoms with Gasteiger partial charge in [-0.1, -0.05) is 12.1 Å². The number of carboxylic acid groups (broad SMARTS) is 1. The number of carboxylic acids is 1. The lowest BCUT2D eigenvalue weighted by molar-refractivity contribution is -0.140. The fourth-order valence-corrected chi connectivity index (χ4v) is 2.99. The molecule has 5 N–H and O–H groups in total. The van der Waals surface area contributed by atoms with E-state index < -0.39 is 5.97 Å². The van der Waals surface area contributed by atoms with Gasteiger partial charge in [-0.25, -0.2) is 0 Å². The number of aryl methyl sites for hydroxylation is 1. The Morgan fingerprint density at radius 3 is 2.27 bits per heavy atom. The van der Waals surface area contributed by atoms with Crippen LogP contribution in [0, 0.1) is 11.8 Å². The molecule has 2 rings (SSSR count). The maximum atomic E-state index is 12.3. The molecule has 0 aromatic heterocycles. The molecular weight excluding hydrogens is 358 g/mol. The zero-order valence-corrected chi connectivity index (χ0v) is 15.4. The summed E-state index contributed by atoms with van der Waals surface area (Å²) in [6.07, 6.45) is 3.92. The lowest BCUT2D eigenvalue weighted by atomic mass is 9.82. The van der Waals surface area contributed by atoms with Crippen LogP contribution in [0.1, 0.15) is 37.7 Å². The largest absolute Gasteiger partial charge is 0.481 e. The summed E-state index contributed by atoms with van der Waals surface area (Å²) in [5.41, 5.74) is 11.6. The van der Waals surface area contributed by atoms with Crippen LogP contribution in [0.2, 0.25) is 0 Å². The first-order valence-corrected chi connectivity index (χ1v) is 8.52. The molecule has 1 aromatic rings. The number of nitrogens with two attached hydrogens (primary N) is 2. The number of carbonyl (C=O) groups is 2. The van der Waals surface area contributed by atoms with E-state index in [0.717, 1.165) is 31.2 Å². The first kappa shape index (κ1) is 21.8. The van der Waals surface area contributed by atoms with Gasteiger partial charge in [0.2, 0.25) is 0 Å². The number of nitrogens with zero attached hydrogens (tertiary/aromatic N) is 1. The first-order chi connectivity index (χ1) is 11.9. The van der Waals surface area contributed by atoms with E-state index in [2.05, 4.69) is 4.99 Å². The van der Waals surface area contributed by atoms with Gasteiger partial charge in [-0.3, -0.25) is 14.6 Å². The molecule has 1 aromatic carbocycles. The molecule has 8 heteroatoms. The van der Waals surface area contributed by atoms with Gasteiger partial charge in [0.25, 0.3) is 0 Å². The number of aliphatic carboxylic acids is 1. The van der Waals surface area contributed by atoms with Gasteiger partial charge in [-0.15, -0.1) is 12.4 Å². The summed E-state index contributed by atoms with van der Waals surface area (Å²) < 4.78 is 5.45. The normalized spacial score (nSPS) is 19.1. The minimum atomic E-state index is -0.828. The molecule has 0 amide bonds. The van der Waals surface area contributed by atoms with Gasteiger partial charge in [0.1, 0.15) is 5.75 Å². The number of esters is 1. The molecule has 0 heterocycles. The van der Waals surface area contributed by atoms with Gasteiger partial charge in [0.05, 0.1) is 5.92 Å². The van der Waals surface area contributed by atoms with Crippen molar-refractivity contribution in [3.8, 4) is 5.75 Å². The SMILES string of the molecule is Cl.NC(N)=NCC1CCC(C(=O)Oc2ccc(CCC(=O)O)cc2)CC1. The van der Waals surface area contributed by atoms with Crippen molar-refractivity contribution in [1.29, 1.82) is 0 Å². The number of ether oxygens (including phenoxy) is 1. The Balaban J connectivity index is 0.00000338. The summed E-state index contributed by atoms with van der Waals surface area (Å²) in [5.74, 6) is -0.119. The monoisotopic (exact) mass is 383 g/mol. The van der Waals surface area contributed by atoms with Crippen molar-refractivity contribution < 1.29 is 19.4 Å². The molecular formula is C18H26ClN3O4. The highest BCUT2D eigenvalue weighted by atomic mass is 35.5. The number of carbonyl (C=O) groups excluding carboxylic acids is 1. The predicted molar refractivity (Wildman–Crippen MR) is 101 cm³/mol.